The Kier molecular flexibility index (Phi) is 8.26. The second kappa shape index (κ2) is 11.1. The van der Waals surface area contributed by atoms with Crippen LogP contribution in [0.4, 0.5) is 0 Å². The van der Waals surface area contributed by atoms with E-state index >= 15 is 0 Å². The summed E-state index contributed by atoms with van der Waals surface area (Å²) in [6.45, 7) is 8.84. The summed E-state index contributed by atoms with van der Waals surface area (Å²) in [7, 11) is 1.59. The Balaban J connectivity index is 2.22. The maximum absolute atomic E-state index is 13.7. The third kappa shape index (κ3) is 5.44. The van der Waals surface area contributed by atoms with Crippen LogP contribution in [0, 0.1) is 5.92 Å². The number of aromatic nitrogens is 2. The van der Waals surface area contributed by atoms with Gasteiger partial charge in [0.1, 0.15) is 11.6 Å². The second-order valence-corrected chi connectivity index (χ2v) is 8.87. The lowest BCUT2D eigenvalue weighted by Crippen LogP contribution is -2.38. The maximum Gasteiger partial charge on any atom is 0.266 e. The number of benzene rings is 2. The van der Waals surface area contributed by atoms with E-state index in [0.717, 1.165) is 19.3 Å². The molecule has 0 spiro atoms. The van der Waals surface area contributed by atoms with Gasteiger partial charge in [-0.25, -0.2) is 4.98 Å². The van der Waals surface area contributed by atoms with Crippen molar-refractivity contribution >= 4 is 16.8 Å². The maximum atomic E-state index is 13.7. The molecule has 6 heteroatoms. The van der Waals surface area contributed by atoms with Gasteiger partial charge in [0.05, 0.1) is 29.7 Å². The number of methoxy groups -OCH3 is 1. The largest absolute Gasteiger partial charge is 0.495 e. The monoisotopic (exact) mass is 449 g/mol. The van der Waals surface area contributed by atoms with Crippen molar-refractivity contribution in [3.8, 4) is 11.4 Å². The number of ether oxygens (including phenoxy) is 1. The van der Waals surface area contributed by atoms with E-state index in [9.17, 15) is 9.59 Å². The highest BCUT2D eigenvalue weighted by atomic mass is 16.5. The molecule has 3 rings (SSSR count). The minimum atomic E-state index is -0.379. The number of rotatable bonds is 10. The summed E-state index contributed by atoms with van der Waals surface area (Å²) in [5.41, 5.74) is 1.08. The zero-order valence-electron chi connectivity index (χ0n) is 20.4. The number of amides is 1. The van der Waals surface area contributed by atoms with Crippen LogP contribution in [0.1, 0.15) is 65.2 Å². The molecule has 0 bridgehead atoms. The van der Waals surface area contributed by atoms with E-state index < -0.39 is 0 Å². The van der Waals surface area contributed by atoms with E-state index in [1.54, 1.807) is 17.7 Å². The predicted octanol–water partition coefficient (Wildman–Crippen LogP) is 5.52. The van der Waals surface area contributed by atoms with Gasteiger partial charge in [0, 0.05) is 13.0 Å². The van der Waals surface area contributed by atoms with Crippen molar-refractivity contribution in [3.63, 3.8) is 0 Å². The molecule has 0 radical (unpaired) electrons. The van der Waals surface area contributed by atoms with Gasteiger partial charge in [-0.3, -0.25) is 14.2 Å². The Bertz CT molecular complexity index is 1150. The van der Waals surface area contributed by atoms with E-state index in [-0.39, 0.29) is 23.4 Å². The van der Waals surface area contributed by atoms with Gasteiger partial charge >= 0.3 is 0 Å². The van der Waals surface area contributed by atoms with Crippen LogP contribution >= 0.6 is 0 Å². The van der Waals surface area contributed by atoms with Gasteiger partial charge in [0.15, 0.2) is 0 Å². The van der Waals surface area contributed by atoms with E-state index in [0.29, 0.717) is 41.1 Å². The topological polar surface area (TPSA) is 64.4 Å². The van der Waals surface area contributed by atoms with Crippen LogP contribution in [0.5, 0.6) is 5.75 Å². The summed E-state index contributed by atoms with van der Waals surface area (Å²) in [5, 5.41) is 0.533. The van der Waals surface area contributed by atoms with Crippen LogP contribution in [0.25, 0.3) is 16.6 Å². The van der Waals surface area contributed by atoms with E-state index in [1.165, 1.54) is 0 Å². The molecule has 6 nitrogen and oxygen atoms in total. The molecule has 1 amide bonds. The molecule has 0 fully saturated rings. The summed E-state index contributed by atoms with van der Waals surface area (Å²) < 4.78 is 7.19. The average molecular weight is 450 g/mol. The quantitative estimate of drug-likeness (QED) is 0.382. The predicted molar refractivity (Wildman–Crippen MR) is 133 cm³/mol. The van der Waals surface area contributed by atoms with E-state index in [4.69, 9.17) is 9.72 Å². The zero-order chi connectivity index (χ0) is 24.0. The molecule has 1 atom stereocenters. The van der Waals surface area contributed by atoms with Crippen molar-refractivity contribution in [3.05, 3.63) is 64.7 Å². The molecule has 1 aromatic heterocycles. The van der Waals surface area contributed by atoms with Gasteiger partial charge in [-0.05, 0) is 43.5 Å². The normalized spacial score (nSPS) is 12.2. The third-order valence-electron chi connectivity index (χ3n) is 5.87. The molecule has 0 saturated carbocycles. The van der Waals surface area contributed by atoms with Crippen molar-refractivity contribution in [1.29, 1.82) is 0 Å². The standard InChI is InChI=1S/C27H35N3O3/c1-6-7-12-17-29(25(31)18-19(2)3)20(4)26-28-22-14-9-8-13-21(22)27(32)30(26)23-15-10-11-16-24(23)33-5/h8-11,13-16,19-20H,6-7,12,17-18H2,1-5H3. The highest BCUT2D eigenvalue weighted by Crippen LogP contribution is 2.28. The Hall–Kier alpha value is -3.15. The highest BCUT2D eigenvalue weighted by Gasteiger charge is 2.27. The first kappa shape index (κ1) is 24.5. The first-order chi connectivity index (χ1) is 15.9. The number of nitrogens with zero attached hydrogens (tertiary/aromatic N) is 3. The van der Waals surface area contributed by atoms with Gasteiger partial charge in [-0.15, -0.1) is 0 Å². The molecular formula is C27H35N3O3. The molecular weight excluding hydrogens is 414 g/mol. The Morgan fingerprint density at radius 2 is 1.76 bits per heavy atom. The summed E-state index contributed by atoms with van der Waals surface area (Å²) in [6.07, 6.45) is 3.49. The van der Waals surface area contributed by atoms with Crippen molar-refractivity contribution in [2.75, 3.05) is 13.7 Å². The number of carbonyl (C=O) groups is 1. The highest BCUT2D eigenvalue weighted by molar-refractivity contribution is 5.79. The van der Waals surface area contributed by atoms with E-state index in [1.807, 2.05) is 68.1 Å². The van der Waals surface area contributed by atoms with Crippen molar-refractivity contribution < 1.29 is 9.53 Å². The molecule has 1 heterocycles. The summed E-state index contributed by atoms with van der Waals surface area (Å²) in [6, 6.07) is 14.4. The number of unbranched alkanes of at least 4 members (excludes halogenated alkanes) is 2. The molecule has 0 aliphatic heterocycles. The van der Waals surface area contributed by atoms with Gasteiger partial charge in [0.25, 0.3) is 5.56 Å². The fourth-order valence-electron chi connectivity index (χ4n) is 4.15. The van der Waals surface area contributed by atoms with Gasteiger partial charge in [-0.1, -0.05) is 57.9 Å². The minimum absolute atomic E-state index is 0.0857. The lowest BCUT2D eigenvalue weighted by molar-refractivity contribution is -0.134. The first-order valence-corrected chi connectivity index (χ1v) is 11.8. The first-order valence-electron chi connectivity index (χ1n) is 11.8. The number of hydrogen-bond donors (Lipinski definition) is 0. The molecule has 0 N–H and O–H groups in total. The van der Waals surface area contributed by atoms with Gasteiger partial charge < -0.3 is 9.64 Å². The summed E-state index contributed by atoms with van der Waals surface area (Å²) in [5.74, 6) is 1.45. The lowest BCUT2D eigenvalue weighted by atomic mass is 10.1. The van der Waals surface area contributed by atoms with Crippen molar-refractivity contribution in [1.82, 2.24) is 14.5 Å². The summed E-state index contributed by atoms with van der Waals surface area (Å²) in [4.78, 5) is 33.8. The van der Waals surface area contributed by atoms with Crippen molar-refractivity contribution in [2.24, 2.45) is 5.92 Å². The smallest absolute Gasteiger partial charge is 0.266 e. The second-order valence-electron chi connectivity index (χ2n) is 8.87. The average Bonchev–Trinajstić information content (AvgIpc) is 2.81. The summed E-state index contributed by atoms with van der Waals surface area (Å²) >= 11 is 0. The molecule has 3 aromatic rings. The Morgan fingerprint density at radius 3 is 2.45 bits per heavy atom. The van der Waals surface area contributed by atoms with Crippen LogP contribution in [0.3, 0.4) is 0 Å². The third-order valence-corrected chi connectivity index (χ3v) is 5.87. The number of para-hydroxylation sites is 3. The molecule has 0 aliphatic rings. The fourth-order valence-corrected chi connectivity index (χ4v) is 4.15. The number of fused-ring (bicyclic) bond motifs is 1. The van der Waals surface area contributed by atoms with Crippen LogP contribution in [0.2, 0.25) is 0 Å². The fraction of sp³-hybridized carbons (Fsp3) is 0.444. The van der Waals surface area contributed by atoms with Crippen LogP contribution in [-0.4, -0.2) is 34.0 Å². The van der Waals surface area contributed by atoms with Crippen molar-refractivity contribution in [2.45, 2.75) is 59.4 Å². The SMILES string of the molecule is CCCCCN(C(=O)CC(C)C)C(C)c1nc2ccccc2c(=O)n1-c1ccccc1OC. The Morgan fingerprint density at radius 1 is 1.06 bits per heavy atom. The molecule has 0 saturated heterocycles. The van der Waals surface area contributed by atoms with Crippen LogP contribution < -0.4 is 10.3 Å². The molecule has 176 valence electrons. The molecule has 33 heavy (non-hydrogen) atoms. The number of hydrogen-bond acceptors (Lipinski definition) is 4. The molecule has 2 aromatic carbocycles. The lowest BCUT2D eigenvalue weighted by Gasteiger charge is -2.31. The van der Waals surface area contributed by atoms with E-state index in [2.05, 4.69) is 6.92 Å². The van der Waals surface area contributed by atoms with Crippen LogP contribution in [0.15, 0.2) is 53.3 Å². The zero-order valence-corrected chi connectivity index (χ0v) is 20.4. The Labute approximate surface area is 196 Å². The van der Waals surface area contributed by atoms with Gasteiger partial charge in [0.2, 0.25) is 5.91 Å². The van der Waals surface area contributed by atoms with Crippen LogP contribution in [-0.2, 0) is 4.79 Å². The van der Waals surface area contributed by atoms with Gasteiger partial charge in [-0.2, -0.15) is 0 Å². The molecule has 0 aliphatic carbocycles. The minimum Gasteiger partial charge on any atom is -0.495 e. The number of carbonyl (C=O) groups excluding carboxylic acids is 1. The molecule has 1 unspecified atom stereocenters.